The molecule has 0 aliphatic rings. The fraction of sp³-hybridized carbons (Fsp3) is 0.538. The Bertz CT molecular complexity index is 357. The van der Waals surface area contributed by atoms with Crippen LogP contribution in [0.1, 0.15) is 38.3 Å². The van der Waals surface area contributed by atoms with E-state index < -0.39 is 0 Å². The highest BCUT2D eigenvalue weighted by atomic mass is 79.9. The SMILES string of the molecule is CCC(O)CNC(CC)c1cc(Br)ccc1O. The van der Waals surface area contributed by atoms with Crippen molar-refractivity contribution in [3.05, 3.63) is 28.2 Å². The van der Waals surface area contributed by atoms with Gasteiger partial charge in [-0.1, -0.05) is 29.8 Å². The van der Waals surface area contributed by atoms with Gasteiger partial charge in [0.15, 0.2) is 0 Å². The van der Waals surface area contributed by atoms with Crippen molar-refractivity contribution in [1.82, 2.24) is 5.32 Å². The highest BCUT2D eigenvalue weighted by Gasteiger charge is 2.14. The van der Waals surface area contributed by atoms with Crippen LogP contribution in [0, 0.1) is 0 Å². The lowest BCUT2D eigenvalue weighted by molar-refractivity contribution is 0.162. The highest BCUT2D eigenvalue weighted by molar-refractivity contribution is 9.10. The number of hydrogen-bond donors (Lipinski definition) is 3. The molecule has 0 amide bonds. The van der Waals surface area contributed by atoms with E-state index >= 15 is 0 Å². The molecule has 0 fully saturated rings. The summed E-state index contributed by atoms with van der Waals surface area (Å²) in [6.45, 7) is 4.54. The molecule has 1 aromatic carbocycles. The Balaban J connectivity index is 2.75. The number of aromatic hydroxyl groups is 1. The van der Waals surface area contributed by atoms with E-state index in [-0.39, 0.29) is 12.1 Å². The van der Waals surface area contributed by atoms with E-state index in [1.807, 2.05) is 19.1 Å². The van der Waals surface area contributed by atoms with E-state index in [2.05, 4.69) is 28.2 Å². The number of phenolic OH excluding ortho intramolecular Hbond substituents is 1. The molecule has 1 rings (SSSR count). The van der Waals surface area contributed by atoms with Gasteiger partial charge < -0.3 is 15.5 Å². The van der Waals surface area contributed by atoms with Gasteiger partial charge in [0, 0.05) is 22.6 Å². The lowest BCUT2D eigenvalue weighted by atomic mass is 10.0. The molecule has 96 valence electrons. The van der Waals surface area contributed by atoms with Crippen LogP contribution >= 0.6 is 15.9 Å². The maximum absolute atomic E-state index is 9.84. The molecule has 2 atom stereocenters. The summed E-state index contributed by atoms with van der Waals surface area (Å²) in [4.78, 5) is 0. The van der Waals surface area contributed by atoms with E-state index in [9.17, 15) is 10.2 Å². The molecule has 17 heavy (non-hydrogen) atoms. The number of aliphatic hydroxyl groups is 1. The van der Waals surface area contributed by atoms with Crippen molar-refractivity contribution in [1.29, 1.82) is 0 Å². The number of phenols is 1. The molecule has 0 aromatic heterocycles. The summed E-state index contributed by atoms with van der Waals surface area (Å²) >= 11 is 3.40. The van der Waals surface area contributed by atoms with Crippen LogP contribution in [0.4, 0.5) is 0 Å². The van der Waals surface area contributed by atoms with Gasteiger partial charge in [-0.3, -0.25) is 0 Å². The summed E-state index contributed by atoms with van der Waals surface area (Å²) in [5.41, 5.74) is 0.866. The molecule has 3 nitrogen and oxygen atoms in total. The van der Waals surface area contributed by atoms with E-state index in [4.69, 9.17) is 0 Å². The molecule has 4 heteroatoms. The Morgan fingerprint density at radius 3 is 2.59 bits per heavy atom. The van der Waals surface area contributed by atoms with Crippen LogP contribution < -0.4 is 5.32 Å². The molecule has 0 spiro atoms. The van der Waals surface area contributed by atoms with Crippen LogP contribution in [0.15, 0.2) is 22.7 Å². The second-order valence-electron chi connectivity index (χ2n) is 4.13. The molecule has 2 unspecified atom stereocenters. The minimum atomic E-state index is -0.335. The number of hydrogen-bond acceptors (Lipinski definition) is 3. The highest BCUT2D eigenvalue weighted by Crippen LogP contribution is 2.29. The first-order valence-electron chi connectivity index (χ1n) is 5.98. The van der Waals surface area contributed by atoms with Gasteiger partial charge in [0.25, 0.3) is 0 Å². The second-order valence-corrected chi connectivity index (χ2v) is 5.05. The van der Waals surface area contributed by atoms with Gasteiger partial charge in [-0.05, 0) is 31.0 Å². The fourth-order valence-corrected chi connectivity index (χ4v) is 2.08. The zero-order chi connectivity index (χ0) is 12.8. The molecule has 0 heterocycles. The Hall–Kier alpha value is -0.580. The number of rotatable bonds is 6. The predicted octanol–water partition coefficient (Wildman–Crippen LogP) is 2.97. The van der Waals surface area contributed by atoms with E-state index in [1.165, 1.54) is 0 Å². The van der Waals surface area contributed by atoms with Crippen molar-refractivity contribution >= 4 is 15.9 Å². The summed E-state index contributed by atoms with van der Waals surface area (Å²) < 4.78 is 0.946. The third kappa shape index (κ3) is 4.30. The normalized spacial score (nSPS) is 14.6. The fourth-order valence-electron chi connectivity index (χ4n) is 1.70. The molecule has 0 radical (unpaired) electrons. The van der Waals surface area contributed by atoms with E-state index in [0.29, 0.717) is 12.3 Å². The van der Waals surface area contributed by atoms with Crippen LogP contribution in [0.3, 0.4) is 0 Å². The van der Waals surface area contributed by atoms with Crippen molar-refractivity contribution in [2.24, 2.45) is 0 Å². The Labute approximate surface area is 111 Å². The van der Waals surface area contributed by atoms with E-state index in [1.54, 1.807) is 6.07 Å². The van der Waals surface area contributed by atoms with Crippen molar-refractivity contribution in [2.45, 2.75) is 38.8 Å². The second kappa shape index (κ2) is 6.99. The van der Waals surface area contributed by atoms with Crippen molar-refractivity contribution in [3.8, 4) is 5.75 Å². The number of halogens is 1. The molecule has 0 saturated carbocycles. The molecular formula is C13H20BrNO2. The van der Waals surface area contributed by atoms with Gasteiger partial charge in [-0.25, -0.2) is 0 Å². The first-order valence-corrected chi connectivity index (χ1v) is 6.77. The molecule has 0 bridgehead atoms. The molecule has 0 aliphatic heterocycles. The van der Waals surface area contributed by atoms with Crippen molar-refractivity contribution in [2.75, 3.05) is 6.54 Å². The molecule has 3 N–H and O–H groups in total. The third-order valence-corrected chi connectivity index (χ3v) is 3.34. The molecule has 1 aromatic rings. The number of benzene rings is 1. The molecule has 0 aliphatic carbocycles. The van der Waals surface area contributed by atoms with Crippen LogP contribution in [-0.4, -0.2) is 22.9 Å². The lowest BCUT2D eigenvalue weighted by Gasteiger charge is -2.20. The predicted molar refractivity (Wildman–Crippen MR) is 73.1 cm³/mol. The van der Waals surface area contributed by atoms with Crippen LogP contribution in [0.2, 0.25) is 0 Å². The Morgan fingerprint density at radius 1 is 1.29 bits per heavy atom. The number of aliphatic hydroxyl groups excluding tert-OH is 1. The lowest BCUT2D eigenvalue weighted by Crippen LogP contribution is -2.29. The van der Waals surface area contributed by atoms with Gasteiger partial charge in [0.1, 0.15) is 5.75 Å². The standard InChI is InChI=1S/C13H20BrNO2/c1-3-10(16)8-15-12(4-2)11-7-9(14)5-6-13(11)17/h5-7,10,12,15-17H,3-4,8H2,1-2H3. The van der Waals surface area contributed by atoms with Gasteiger partial charge in [0.2, 0.25) is 0 Å². The van der Waals surface area contributed by atoms with Crippen molar-refractivity contribution in [3.63, 3.8) is 0 Å². The third-order valence-electron chi connectivity index (χ3n) is 2.84. The van der Waals surface area contributed by atoms with E-state index in [0.717, 1.165) is 22.9 Å². The van der Waals surface area contributed by atoms with Gasteiger partial charge >= 0.3 is 0 Å². The Morgan fingerprint density at radius 2 is 2.00 bits per heavy atom. The van der Waals surface area contributed by atoms with Gasteiger partial charge in [0.05, 0.1) is 6.10 Å². The summed E-state index contributed by atoms with van der Waals surface area (Å²) in [5.74, 6) is 0.290. The molecule has 0 saturated heterocycles. The average Bonchev–Trinajstić information content (AvgIpc) is 2.33. The number of nitrogens with one attached hydrogen (secondary N) is 1. The maximum atomic E-state index is 9.84. The maximum Gasteiger partial charge on any atom is 0.120 e. The average molecular weight is 302 g/mol. The summed E-state index contributed by atoms with van der Waals surface area (Å²) in [5, 5.41) is 22.6. The smallest absolute Gasteiger partial charge is 0.120 e. The molecular weight excluding hydrogens is 282 g/mol. The Kier molecular flexibility index (Phi) is 5.95. The zero-order valence-corrected chi connectivity index (χ0v) is 11.9. The van der Waals surface area contributed by atoms with Crippen LogP contribution in [0.25, 0.3) is 0 Å². The zero-order valence-electron chi connectivity index (χ0n) is 10.3. The summed E-state index contributed by atoms with van der Waals surface area (Å²) in [7, 11) is 0. The monoisotopic (exact) mass is 301 g/mol. The topological polar surface area (TPSA) is 52.5 Å². The van der Waals surface area contributed by atoms with Gasteiger partial charge in [-0.2, -0.15) is 0 Å². The minimum absolute atomic E-state index is 0.0636. The summed E-state index contributed by atoms with van der Waals surface area (Å²) in [6.07, 6.45) is 1.26. The quantitative estimate of drug-likeness (QED) is 0.757. The van der Waals surface area contributed by atoms with Crippen molar-refractivity contribution < 1.29 is 10.2 Å². The van der Waals surface area contributed by atoms with Gasteiger partial charge in [-0.15, -0.1) is 0 Å². The first-order chi connectivity index (χ1) is 8.08. The first kappa shape index (κ1) is 14.5. The largest absolute Gasteiger partial charge is 0.508 e. The minimum Gasteiger partial charge on any atom is -0.508 e. The van der Waals surface area contributed by atoms with Crippen LogP contribution in [-0.2, 0) is 0 Å². The van der Waals surface area contributed by atoms with Crippen LogP contribution in [0.5, 0.6) is 5.75 Å². The summed E-state index contributed by atoms with van der Waals surface area (Å²) in [6, 6.07) is 5.47.